The molecule has 0 amide bonds. The Morgan fingerprint density at radius 3 is 1.57 bits per heavy atom. The van der Waals surface area contributed by atoms with E-state index in [1.807, 2.05) is 27.7 Å². The Balaban J connectivity index is 0. The van der Waals surface area contributed by atoms with Gasteiger partial charge >= 0.3 is 0 Å². The predicted molar refractivity (Wildman–Crippen MR) is 96.0 cm³/mol. The number of rotatable bonds is 0. The zero-order valence-corrected chi connectivity index (χ0v) is 15.7. The molecule has 1 atom stereocenters. The number of aliphatic hydroxyl groups is 1. The fourth-order valence-corrected chi connectivity index (χ4v) is 2.45. The lowest BCUT2D eigenvalue weighted by atomic mass is 10.2. The lowest BCUT2D eigenvalue weighted by Crippen LogP contribution is -2.19. The molecule has 1 N–H and O–H groups in total. The molecular weight excluding hydrogens is 260 g/mol. The van der Waals surface area contributed by atoms with Crippen LogP contribution >= 0.6 is 0 Å². The predicted octanol–water partition coefficient (Wildman–Crippen LogP) is 4.01. The summed E-state index contributed by atoms with van der Waals surface area (Å²) >= 11 is 0. The van der Waals surface area contributed by atoms with Crippen molar-refractivity contribution >= 4 is 0 Å². The van der Waals surface area contributed by atoms with Crippen molar-refractivity contribution in [3.05, 3.63) is 0 Å². The smallest absolute Gasteiger partial charge is 0.0553 e. The molecule has 0 spiro atoms. The first-order valence-electron chi connectivity index (χ1n) is 9.23. The molecule has 0 radical (unpaired) electrons. The van der Waals surface area contributed by atoms with Crippen molar-refractivity contribution in [1.82, 2.24) is 9.80 Å². The van der Waals surface area contributed by atoms with Gasteiger partial charge < -0.3 is 14.9 Å². The molecule has 3 nitrogen and oxygen atoms in total. The lowest BCUT2D eigenvalue weighted by Gasteiger charge is -2.10. The van der Waals surface area contributed by atoms with Crippen molar-refractivity contribution < 1.29 is 5.11 Å². The summed E-state index contributed by atoms with van der Waals surface area (Å²) in [6, 6.07) is 0. The second-order valence-electron chi connectivity index (χ2n) is 5.61. The summed E-state index contributed by atoms with van der Waals surface area (Å²) in [6.45, 7) is 12.8. The van der Waals surface area contributed by atoms with Crippen molar-refractivity contribution in [3.8, 4) is 0 Å². The Bertz CT molecular complexity index is 170. The average Bonchev–Trinajstić information content (AvgIpc) is 2.87. The van der Waals surface area contributed by atoms with Crippen LogP contribution in [0.5, 0.6) is 0 Å². The first kappa shape index (κ1) is 23.2. The van der Waals surface area contributed by atoms with E-state index in [4.69, 9.17) is 0 Å². The Kier molecular flexibility index (Phi) is 19.8. The van der Waals surface area contributed by atoms with E-state index in [-0.39, 0.29) is 6.10 Å². The van der Waals surface area contributed by atoms with Crippen molar-refractivity contribution in [2.24, 2.45) is 0 Å². The van der Waals surface area contributed by atoms with Crippen LogP contribution in [0, 0.1) is 0 Å². The first-order chi connectivity index (χ1) is 10.2. The molecule has 0 aromatic heterocycles. The summed E-state index contributed by atoms with van der Waals surface area (Å²) in [7, 11) is 4.32. The summed E-state index contributed by atoms with van der Waals surface area (Å²) in [5.41, 5.74) is 0. The fourth-order valence-electron chi connectivity index (χ4n) is 2.45. The van der Waals surface area contributed by atoms with Crippen LogP contribution < -0.4 is 0 Å². The molecule has 0 aromatic rings. The van der Waals surface area contributed by atoms with E-state index in [1.165, 1.54) is 38.8 Å². The van der Waals surface area contributed by atoms with E-state index >= 15 is 0 Å². The molecule has 0 aliphatic carbocycles. The first-order valence-corrected chi connectivity index (χ1v) is 9.23. The maximum Gasteiger partial charge on any atom is 0.0553 e. The zero-order chi connectivity index (χ0) is 16.5. The average molecular weight is 303 g/mol. The van der Waals surface area contributed by atoms with Crippen LogP contribution in [-0.4, -0.2) is 61.3 Å². The van der Waals surface area contributed by atoms with Gasteiger partial charge in [0, 0.05) is 6.54 Å². The third-order valence-corrected chi connectivity index (χ3v) is 3.75. The van der Waals surface area contributed by atoms with Gasteiger partial charge in [0.05, 0.1) is 6.10 Å². The minimum Gasteiger partial charge on any atom is -0.393 e. The Hall–Kier alpha value is -0.120. The quantitative estimate of drug-likeness (QED) is 0.732. The molecule has 3 heteroatoms. The fraction of sp³-hybridized carbons (Fsp3) is 1.00. The number of aliphatic hydroxyl groups excluding tert-OH is 1. The molecule has 0 saturated carbocycles. The highest BCUT2D eigenvalue weighted by atomic mass is 16.3. The summed E-state index contributed by atoms with van der Waals surface area (Å²) in [5, 5.41) is 9.18. The summed E-state index contributed by atoms with van der Waals surface area (Å²) in [5.74, 6) is 0. The van der Waals surface area contributed by atoms with Crippen LogP contribution in [0.25, 0.3) is 0 Å². The third-order valence-electron chi connectivity index (χ3n) is 3.75. The largest absolute Gasteiger partial charge is 0.393 e. The van der Waals surface area contributed by atoms with Gasteiger partial charge in [0.1, 0.15) is 0 Å². The molecule has 0 bridgehead atoms. The zero-order valence-electron chi connectivity index (χ0n) is 15.7. The molecule has 2 saturated heterocycles. The molecule has 2 fully saturated rings. The molecule has 21 heavy (non-hydrogen) atoms. The highest BCUT2D eigenvalue weighted by molar-refractivity contribution is 4.65. The highest BCUT2D eigenvalue weighted by Crippen LogP contribution is 2.08. The summed E-state index contributed by atoms with van der Waals surface area (Å²) in [4.78, 5) is 4.70. The van der Waals surface area contributed by atoms with E-state index in [0.29, 0.717) is 0 Å². The Morgan fingerprint density at radius 2 is 1.05 bits per heavy atom. The molecule has 2 heterocycles. The number of hydrogen-bond donors (Lipinski definition) is 1. The minimum absolute atomic E-state index is 0.0325. The van der Waals surface area contributed by atoms with E-state index in [2.05, 4.69) is 23.9 Å². The van der Waals surface area contributed by atoms with Gasteiger partial charge in [0.2, 0.25) is 0 Å². The molecular formula is C18H42N2O. The topological polar surface area (TPSA) is 26.7 Å². The van der Waals surface area contributed by atoms with Gasteiger partial charge in [-0.15, -0.1) is 0 Å². The van der Waals surface area contributed by atoms with Gasteiger partial charge in [-0.05, 0) is 65.8 Å². The summed E-state index contributed by atoms with van der Waals surface area (Å²) in [6.07, 6.45) is 8.79. The van der Waals surface area contributed by atoms with Gasteiger partial charge in [0.15, 0.2) is 0 Å². The Morgan fingerprint density at radius 1 is 0.619 bits per heavy atom. The molecule has 2 rings (SSSR count). The van der Waals surface area contributed by atoms with Gasteiger partial charge in [-0.2, -0.15) is 0 Å². The second-order valence-corrected chi connectivity index (χ2v) is 5.61. The summed E-state index contributed by atoms with van der Waals surface area (Å²) < 4.78 is 0. The Labute approximate surface area is 134 Å². The van der Waals surface area contributed by atoms with E-state index in [0.717, 1.165) is 32.4 Å². The SMILES string of the molecule is CC.CC.CN1CCCC(O)CC1.CN1CCCCCC1. The van der Waals surface area contributed by atoms with Crippen LogP contribution in [0.4, 0.5) is 0 Å². The normalized spacial score (nSPS) is 23.9. The number of hydrogen-bond acceptors (Lipinski definition) is 3. The van der Waals surface area contributed by atoms with E-state index in [1.54, 1.807) is 0 Å². The van der Waals surface area contributed by atoms with Crippen LogP contribution in [0.15, 0.2) is 0 Å². The third kappa shape index (κ3) is 16.1. The van der Waals surface area contributed by atoms with Crippen LogP contribution in [0.1, 0.15) is 72.6 Å². The minimum atomic E-state index is -0.0325. The molecule has 0 aromatic carbocycles. The van der Waals surface area contributed by atoms with Crippen LogP contribution in [0.3, 0.4) is 0 Å². The van der Waals surface area contributed by atoms with E-state index in [9.17, 15) is 5.11 Å². The second kappa shape index (κ2) is 17.9. The van der Waals surface area contributed by atoms with Crippen LogP contribution in [-0.2, 0) is 0 Å². The lowest BCUT2D eigenvalue weighted by molar-refractivity contribution is 0.157. The highest BCUT2D eigenvalue weighted by Gasteiger charge is 2.10. The van der Waals surface area contributed by atoms with E-state index < -0.39 is 0 Å². The van der Waals surface area contributed by atoms with Gasteiger partial charge in [-0.3, -0.25) is 0 Å². The standard InChI is InChI=1S/C7H15NO.C7H15N.2C2H6/c1-8-5-2-3-7(9)4-6-8;1-8-6-4-2-3-5-7-8;2*1-2/h7,9H,2-6H2,1H3;2-7H2,1H3;2*1-2H3. The molecule has 2 aliphatic rings. The monoisotopic (exact) mass is 302 g/mol. The van der Waals surface area contributed by atoms with Gasteiger partial charge in [0.25, 0.3) is 0 Å². The van der Waals surface area contributed by atoms with Crippen molar-refractivity contribution in [1.29, 1.82) is 0 Å². The molecule has 130 valence electrons. The van der Waals surface area contributed by atoms with Crippen LogP contribution in [0.2, 0.25) is 0 Å². The van der Waals surface area contributed by atoms with Gasteiger partial charge in [-0.1, -0.05) is 40.5 Å². The maximum absolute atomic E-state index is 9.18. The maximum atomic E-state index is 9.18. The van der Waals surface area contributed by atoms with Gasteiger partial charge in [-0.25, -0.2) is 0 Å². The molecule has 2 aliphatic heterocycles. The van der Waals surface area contributed by atoms with Crippen molar-refractivity contribution in [3.63, 3.8) is 0 Å². The van der Waals surface area contributed by atoms with Crippen molar-refractivity contribution in [2.75, 3.05) is 40.3 Å². The number of likely N-dealkylation sites (tertiary alicyclic amines) is 2. The number of nitrogens with zero attached hydrogens (tertiary/aromatic N) is 2. The van der Waals surface area contributed by atoms with Crippen molar-refractivity contribution in [2.45, 2.75) is 78.7 Å². The molecule has 1 unspecified atom stereocenters.